The van der Waals surface area contributed by atoms with E-state index in [4.69, 9.17) is 4.74 Å². The lowest BCUT2D eigenvalue weighted by Gasteiger charge is -2.49. The number of rotatable bonds is 6. The summed E-state index contributed by atoms with van der Waals surface area (Å²) in [6.45, 7) is 2.43. The van der Waals surface area contributed by atoms with Crippen LogP contribution in [0, 0.1) is 0 Å². The number of anilines is 2. The monoisotopic (exact) mass is 407 g/mol. The Hall–Kier alpha value is -3.35. The third-order valence-electron chi connectivity index (χ3n) is 5.80. The first-order valence-corrected chi connectivity index (χ1v) is 10.2. The first-order chi connectivity index (χ1) is 14.5. The van der Waals surface area contributed by atoms with E-state index in [1.165, 1.54) is 4.90 Å². The summed E-state index contributed by atoms with van der Waals surface area (Å²) in [5.74, 6) is -0.152. The SMILES string of the molecule is CCCCN1C(=O)c2ccccc2N2C(=O)CC[C@]12C(=O)Nc1cccc(OC)c1. The van der Waals surface area contributed by atoms with Gasteiger partial charge in [0.2, 0.25) is 11.6 Å². The molecule has 0 aromatic heterocycles. The van der Waals surface area contributed by atoms with Gasteiger partial charge in [-0.2, -0.15) is 0 Å². The molecule has 1 N–H and O–H groups in total. The standard InChI is InChI=1S/C23H25N3O4/c1-3-4-14-25-21(28)18-10-5-6-11-19(18)26-20(27)12-13-23(25,26)22(29)24-16-8-7-9-17(15-16)30-2/h5-11,15H,3-4,12-14H2,1-2H3,(H,24,29)/t23-/m0/s1. The summed E-state index contributed by atoms with van der Waals surface area (Å²) in [7, 11) is 1.56. The van der Waals surface area contributed by atoms with Gasteiger partial charge in [0, 0.05) is 31.1 Å². The molecule has 0 radical (unpaired) electrons. The van der Waals surface area contributed by atoms with E-state index in [-0.39, 0.29) is 30.6 Å². The van der Waals surface area contributed by atoms with E-state index in [9.17, 15) is 14.4 Å². The van der Waals surface area contributed by atoms with Gasteiger partial charge in [0.25, 0.3) is 11.8 Å². The molecule has 2 aromatic rings. The zero-order valence-electron chi connectivity index (χ0n) is 17.2. The normalized spacial score (nSPS) is 20.1. The Kier molecular flexibility index (Phi) is 5.20. The smallest absolute Gasteiger partial charge is 0.271 e. The Morgan fingerprint density at radius 1 is 1.17 bits per heavy atom. The molecule has 0 saturated carbocycles. The van der Waals surface area contributed by atoms with Gasteiger partial charge >= 0.3 is 0 Å². The number of methoxy groups -OCH3 is 1. The van der Waals surface area contributed by atoms with Crippen molar-refractivity contribution in [2.24, 2.45) is 0 Å². The first kappa shape index (κ1) is 19.9. The van der Waals surface area contributed by atoms with Crippen LogP contribution in [-0.2, 0) is 9.59 Å². The van der Waals surface area contributed by atoms with Gasteiger partial charge in [-0.15, -0.1) is 0 Å². The van der Waals surface area contributed by atoms with Gasteiger partial charge < -0.3 is 15.0 Å². The van der Waals surface area contributed by atoms with Gasteiger partial charge in [0.15, 0.2) is 0 Å². The quantitative estimate of drug-likeness (QED) is 0.796. The van der Waals surface area contributed by atoms with Crippen molar-refractivity contribution in [2.45, 2.75) is 38.3 Å². The summed E-state index contributed by atoms with van der Waals surface area (Å²) in [5.41, 5.74) is 0.128. The minimum Gasteiger partial charge on any atom is -0.497 e. The van der Waals surface area contributed by atoms with Crippen molar-refractivity contribution >= 4 is 29.1 Å². The number of ether oxygens (including phenoxy) is 1. The summed E-state index contributed by atoms with van der Waals surface area (Å²) < 4.78 is 5.24. The molecule has 2 heterocycles. The number of benzene rings is 2. The summed E-state index contributed by atoms with van der Waals surface area (Å²) in [6, 6.07) is 14.0. The van der Waals surface area contributed by atoms with Crippen LogP contribution in [0.5, 0.6) is 5.75 Å². The molecule has 7 heteroatoms. The Balaban J connectivity index is 1.81. The Bertz CT molecular complexity index is 1010. The van der Waals surface area contributed by atoms with Crippen molar-refractivity contribution in [1.82, 2.24) is 4.90 Å². The highest BCUT2D eigenvalue weighted by Gasteiger charge is 2.60. The van der Waals surface area contributed by atoms with Crippen LogP contribution in [0.2, 0.25) is 0 Å². The third-order valence-corrected chi connectivity index (χ3v) is 5.80. The lowest BCUT2D eigenvalue weighted by Crippen LogP contribution is -2.69. The molecule has 0 spiro atoms. The molecule has 0 aliphatic carbocycles. The second kappa shape index (κ2) is 7.82. The van der Waals surface area contributed by atoms with Gasteiger partial charge in [-0.05, 0) is 30.7 Å². The highest BCUT2D eigenvalue weighted by Crippen LogP contribution is 2.45. The van der Waals surface area contributed by atoms with Crippen molar-refractivity contribution in [2.75, 3.05) is 23.9 Å². The predicted octanol–water partition coefficient (Wildman–Crippen LogP) is 3.41. The third kappa shape index (κ3) is 3.01. The van der Waals surface area contributed by atoms with E-state index < -0.39 is 5.66 Å². The highest BCUT2D eigenvalue weighted by atomic mass is 16.5. The van der Waals surface area contributed by atoms with Crippen LogP contribution < -0.4 is 15.0 Å². The van der Waals surface area contributed by atoms with Gasteiger partial charge in [-0.25, -0.2) is 0 Å². The van der Waals surface area contributed by atoms with Crippen molar-refractivity contribution in [3.63, 3.8) is 0 Å². The van der Waals surface area contributed by atoms with Gasteiger partial charge in [-0.3, -0.25) is 19.3 Å². The molecule has 2 aromatic carbocycles. The Labute approximate surface area is 175 Å². The number of unbranched alkanes of at least 4 members (excludes halogenated alkanes) is 1. The topological polar surface area (TPSA) is 79.0 Å². The lowest BCUT2D eigenvalue weighted by molar-refractivity contribution is -0.129. The predicted molar refractivity (Wildman–Crippen MR) is 113 cm³/mol. The molecular formula is C23H25N3O4. The maximum Gasteiger partial charge on any atom is 0.271 e. The summed E-state index contributed by atoms with van der Waals surface area (Å²) in [6.07, 6.45) is 2.07. The van der Waals surface area contributed by atoms with Gasteiger partial charge in [0.05, 0.1) is 18.4 Å². The van der Waals surface area contributed by atoms with Crippen LogP contribution >= 0.6 is 0 Å². The Morgan fingerprint density at radius 2 is 1.97 bits per heavy atom. The second-order valence-electron chi connectivity index (χ2n) is 7.56. The number of para-hydroxylation sites is 1. The highest BCUT2D eigenvalue weighted by molar-refractivity contribution is 6.18. The molecule has 156 valence electrons. The van der Waals surface area contributed by atoms with Crippen LogP contribution in [0.1, 0.15) is 43.0 Å². The molecule has 7 nitrogen and oxygen atoms in total. The molecule has 4 rings (SSSR count). The fourth-order valence-corrected chi connectivity index (χ4v) is 4.34. The first-order valence-electron chi connectivity index (χ1n) is 10.2. The number of nitrogens with zero attached hydrogens (tertiary/aromatic N) is 2. The minimum atomic E-state index is -1.37. The van der Waals surface area contributed by atoms with Crippen molar-refractivity contribution in [1.29, 1.82) is 0 Å². The van der Waals surface area contributed by atoms with E-state index >= 15 is 0 Å². The van der Waals surface area contributed by atoms with Crippen molar-refractivity contribution in [3.8, 4) is 5.75 Å². The molecule has 2 aliphatic rings. The molecule has 1 atom stereocenters. The van der Waals surface area contributed by atoms with Crippen LogP contribution in [0.15, 0.2) is 48.5 Å². The average Bonchev–Trinajstić information content (AvgIpc) is 3.12. The molecule has 30 heavy (non-hydrogen) atoms. The van der Waals surface area contributed by atoms with E-state index in [0.29, 0.717) is 29.2 Å². The summed E-state index contributed by atoms with van der Waals surface area (Å²) in [5, 5.41) is 2.92. The summed E-state index contributed by atoms with van der Waals surface area (Å²) >= 11 is 0. The maximum absolute atomic E-state index is 13.7. The molecule has 0 bridgehead atoms. The molecule has 1 fully saturated rings. The fourth-order valence-electron chi connectivity index (χ4n) is 4.34. The lowest BCUT2D eigenvalue weighted by atomic mass is 9.95. The number of fused-ring (bicyclic) bond motifs is 3. The largest absolute Gasteiger partial charge is 0.497 e. The molecule has 2 aliphatic heterocycles. The van der Waals surface area contributed by atoms with E-state index in [2.05, 4.69) is 5.32 Å². The molecule has 3 amide bonds. The van der Waals surface area contributed by atoms with Crippen LogP contribution in [0.3, 0.4) is 0 Å². The number of nitrogens with one attached hydrogen (secondary N) is 1. The van der Waals surface area contributed by atoms with Gasteiger partial charge in [0.1, 0.15) is 5.75 Å². The summed E-state index contributed by atoms with van der Waals surface area (Å²) in [4.78, 5) is 43.2. The fraction of sp³-hybridized carbons (Fsp3) is 0.348. The maximum atomic E-state index is 13.7. The zero-order valence-corrected chi connectivity index (χ0v) is 17.2. The second-order valence-corrected chi connectivity index (χ2v) is 7.56. The number of carbonyl (C=O) groups excluding carboxylic acids is 3. The van der Waals surface area contributed by atoms with E-state index in [0.717, 1.165) is 12.8 Å². The van der Waals surface area contributed by atoms with E-state index in [1.54, 1.807) is 60.5 Å². The van der Waals surface area contributed by atoms with E-state index in [1.807, 2.05) is 6.92 Å². The number of hydrogen-bond acceptors (Lipinski definition) is 4. The van der Waals surface area contributed by atoms with Crippen molar-refractivity contribution in [3.05, 3.63) is 54.1 Å². The molecular weight excluding hydrogens is 382 g/mol. The van der Waals surface area contributed by atoms with Crippen LogP contribution in [0.25, 0.3) is 0 Å². The van der Waals surface area contributed by atoms with Gasteiger partial charge in [-0.1, -0.05) is 31.5 Å². The Morgan fingerprint density at radius 3 is 2.73 bits per heavy atom. The molecule has 1 saturated heterocycles. The zero-order chi connectivity index (χ0) is 21.3. The van der Waals surface area contributed by atoms with Crippen LogP contribution in [0.4, 0.5) is 11.4 Å². The number of carbonyl (C=O) groups is 3. The number of amides is 3. The number of hydrogen-bond donors (Lipinski definition) is 1. The van der Waals surface area contributed by atoms with Crippen LogP contribution in [-0.4, -0.2) is 41.9 Å². The molecule has 0 unspecified atom stereocenters. The average molecular weight is 407 g/mol. The minimum absolute atomic E-state index is 0.155. The van der Waals surface area contributed by atoms with Crippen molar-refractivity contribution < 1.29 is 19.1 Å².